The number of ether oxygens (including phenoxy) is 1. The summed E-state index contributed by atoms with van der Waals surface area (Å²) in [5.41, 5.74) is 2.24. The van der Waals surface area contributed by atoms with E-state index in [9.17, 15) is 24.5 Å². The van der Waals surface area contributed by atoms with E-state index in [0.717, 1.165) is 27.8 Å². The van der Waals surface area contributed by atoms with Crippen molar-refractivity contribution in [1.82, 2.24) is 10.2 Å². The summed E-state index contributed by atoms with van der Waals surface area (Å²) in [6, 6.07) is 9.61. The highest BCUT2D eigenvalue weighted by Gasteiger charge is 2.34. The number of hydrogen-bond acceptors (Lipinski definition) is 7. The lowest BCUT2D eigenvalue weighted by Crippen LogP contribution is -2.38. The fourth-order valence-corrected chi connectivity index (χ4v) is 3.97. The highest BCUT2D eigenvalue weighted by molar-refractivity contribution is 8.18. The molecule has 1 saturated heterocycles. The van der Waals surface area contributed by atoms with Gasteiger partial charge in [0.05, 0.1) is 9.83 Å². The van der Waals surface area contributed by atoms with Crippen LogP contribution >= 0.6 is 23.4 Å². The molecule has 0 atom stereocenters. The molecule has 0 radical (unpaired) electrons. The van der Waals surface area contributed by atoms with Gasteiger partial charge in [-0.25, -0.2) is 0 Å². The number of nitro groups is 1. The second-order valence-corrected chi connectivity index (χ2v) is 8.59. The monoisotopic (exact) mass is 489 g/mol. The van der Waals surface area contributed by atoms with Gasteiger partial charge >= 0.3 is 0 Å². The molecule has 9 nitrogen and oxygen atoms in total. The Balaban J connectivity index is 1.53. The number of benzene rings is 2. The fraction of sp³-hybridized carbons (Fsp3) is 0.227. The fourth-order valence-electron chi connectivity index (χ4n) is 2.91. The van der Waals surface area contributed by atoms with Gasteiger partial charge in [0.15, 0.2) is 6.61 Å². The van der Waals surface area contributed by atoms with Crippen LogP contribution in [0.1, 0.15) is 16.7 Å². The van der Waals surface area contributed by atoms with Crippen LogP contribution in [0, 0.1) is 24.0 Å². The maximum Gasteiger partial charge on any atom is 0.293 e. The van der Waals surface area contributed by atoms with Crippen molar-refractivity contribution < 1.29 is 24.0 Å². The van der Waals surface area contributed by atoms with Crippen LogP contribution in [0.5, 0.6) is 5.75 Å². The second-order valence-electron chi connectivity index (χ2n) is 7.19. The average Bonchev–Trinajstić information content (AvgIpc) is 3.03. The van der Waals surface area contributed by atoms with E-state index in [-0.39, 0.29) is 41.2 Å². The van der Waals surface area contributed by atoms with Crippen molar-refractivity contribution in [3.05, 3.63) is 73.1 Å². The topological polar surface area (TPSA) is 119 Å². The molecule has 0 aromatic heterocycles. The summed E-state index contributed by atoms with van der Waals surface area (Å²) in [4.78, 5) is 48.3. The zero-order valence-corrected chi connectivity index (χ0v) is 19.4. The van der Waals surface area contributed by atoms with E-state index in [4.69, 9.17) is 16.3 Å². The molecule has 172 valence electrons. The largest absolute Gasteiger partial charge is 0.484 e. The molecular weight excluding hydrogens is 470 g/mol. The number of halogens is 1. The number of rotatable bonds is 8. The number of hydrogen-bond donors (Lipinski definition) is 1. The van der Waals surface area contributed by atoms with Crippen molar-refractivity contribution in [2.45, 2.75) is 13.8 Å². The van der Waals surface area contributed by atoms with Crippen molar-refractivity contribution >= 4 is 52.2 Å². The van der Waals surface area contributed by atoms with Gasteiger partial charge < -0.3 is 10.1 Å². The van der Waals surface area contributed by atoms with Crippen LogP contribution in [0.3, 0.4) is 0 Å². The molecular formula is C22H20ClN3O6S. The van der Waals surface area contributed by atoms with Crippen molar-refractivity contribution in [3.8, 4) is 5.75 Å². The van der Waals surface area contributed by atoms with Gasteiger partial charge in [-0.1, -0.05) is 23.7 Å². The molecule has 2 aromatic rings. The van der Waals surface area contributed by atoms with Gasteiger partial charge in [-0.15, -0.1) is 0 Å². The first-order valence-electron chi connectivity index (χ1n) is 9.82. The summed E-state index contributed by atoms with van der Waals surface area (Å²) in [6.07, 6.45) is 1.39. The minimum absolute atomic E-state index is 0.0157. The summed E-state index contributed by atoms with van der Waals surface area (Å²) in [5.74, 6) is -0.348. The third kappa shape index (κ3) is 6.11. The molecule has 3 rings (SSSR count). The highest BCUT2D eigenvalue weighted by Crippen LogP contribution is 2.33. The van der Waals surface area contributed by atoms with Crippen molar-refractivity contribution in [3.63, 3.8) is 0 Å². The highest BCUT2D eigenvalue weighted by atomic mass is 35.5. The predicted octanol–water partition coefficient (Wildman–Crippen LogP) is 4.10. The Morgan fingerprint density at radius 1 is 1.21 bits per heavy atom. The molecule has 33 heavy (non-hydrogen) atoms. The lowest BCUT2D eigenvalue weighted by Gasteiger charge is -2.13. The molecule has 11 heteroatoms. The first-order valence-corrected chi connectivity index (χ1v) is 11.0. The molecule has 2 aromatic carbocycles. The molecule has 1 heterocycles. The molecule has 3 amide bonds. The zero-order chi connectivity index (χ0) is 24.1. The summed E-state index contributed by atoms with van der Waals surface area (Å²) >= 11 is 6.52. The molecule has 1 aliphatic heterocycles. The summed E-state index contributed by atoms with van der Waals surface area (Å²) < 4.78 is 5.46. The maximum atomic E-state index is 12.6. The van der Waals surface area contributed by atoms with Crippen LogP contribution in [-0.2, 0) is 9.59 Å². The van der Waals surface area contributed by atoms with Crippen molar-refractivity contribution in [1.29, 1.82) is 0 Å². The smallest absolute Gasteiger partial charge is 0.293 e. The van der Waals surface area contributed by atoms with Crippen molar-refractivity contribution in [2.75, 3.05) is 19.7 Å². The van der Waals surface area contributed by atoms with Crippen LogP contribution in [0.15, 0.2) is 41.3 Å². The Morgan fingerprint density at radius 2 is 1.97 bits per heavy atom. The molecule has 1 N–H and O–H groups in total. The van der Waals surface area contributed by atoms with Gasteiger partial charge in [-0.05, 0) is 66.6 Å². The molecule has 1 aliphatic rings. The normalized spacial score (nSPS) is 14.6. The van der Waals surface area contributed by atoms with Crippen molar-refractivity contribution in [2.24, 2.45) is 0 Å². The Bertz CT molecular complexity index is 1170. The van der Waals surface area contributed by atoms with Crippen LogP contribution in [0.25, 0.3) is 6.08 Å². The number of nitrogens with zero attached hydrogens (tertiary/aromatic N) is 2. The predicted molar refractivity (Wildman–Crippen MR) is 125 cm³/mol. The third-order valence-corrected chi connectivity index (χ3v) is 6.07. The van der Waals surface area contributed by atoms with E-state index in [2.05, 4.69) is 5.32 Å². The zero-order valence-electron chi connectivity index (χ0n) is 17.8. The lowest BCUT2D eigenvalue weighted by molar-refractivity contribution is -0.384. The number of nitrogens with one attached hydrogen (secondary N) is 1. The van der Waals surface area contributed by atoms with Gasteiger partial charge in [-0.2, -0.15) is 0 Å². The van der Waals surface area contributed by atoms with E-state index in [1.807, 2.05) is 26.0 Å². The molecule has 1 fully saturated rings. The van der Waals surface area contributed by atoms with Gasteiger partial charge in [0.1, 0.15) is 10.8 Å². The third-order valence-electron chi connectivity index (χ3n) is 4.84. The standard InChI is InChI=1S/C22H20ClN3O6S/c1-13-3-5-16(9-14(13)2)32-12-20(27)24-7-8-25-21(28)19(33-22(25)29)11-15-4-6-17(23)18(10-15)26(30)31/h3-6,9-11H,7-8,12H2,1-2H3,(H,24,27)/b19-11-. The number of imide groups is 1. The molecule has 0 aliphatic carbocycles. The minimum atomic E-state index is -0.627. The number of carbonyl (C=O) groups is 3. The van der Waals surface area contributed by atoms with E-state index < -0.39 is 16.1 Å². The van der Waals surface area contributed by atoms with Crippen LogP contribution in [0.4, 0.5) is 10.5 Å². The Kier molecular flexibility index (Phi) is 7.72. The van der Waals surface area contributed by atoms with E-state index in [1.165, 1.54) is 24.3 Å². The number of aryl methyl sites for hydroxylation is 2. The molecule has 0 saturated carbocycles. The van der Waals surface area contributed by atoms with Gasteiger partial charge in [0.2, 0.25) is 0 Å². The molecule has 0 unspecified atom stereocenters. The lowest BCUT2D eigenvalue weighted by atomic mass is 10.1. The summed E-state index contributed by atoms with van der Waals surface area (Å²) in [7, 11) is 0. The van der Waals surface area contributed by atoms with Crippen LogP contribution in [0.2, 0.25) is 5.02 Å². The van der Waals surface area contributed by atoms with E-state index >= 15 is 0 Å². The average molecular weight is 490 g/mol. The van der Waals surface area contributed by atoms with Crippen LogP contribution < -0.4 is 10.1 Å². The number of thioether (sulfide) groups is 1. The first-order chi connectivity index (χ1) is 15.7. The second kappa shape index (κ2) is 10.5. The van der Waals surface area contributed by atoms with Gasteiger partial charge in [0.25, 0.3) is 22.7 Å². The number of amides is 3. The molecule has 0 bridgehead atoms. The van der Waals surface area contributed by atoms with E-state index in [1.54, 1.807) is 6.07 Å². The number of carbonyl (C=O) groups excluding carboxylic acids is 3. The Labute approximate surface area is 198 Å². The van der Waals surface area contributed by atoms with Crippen LogP contribution in [-0.4, -0.2) is 46.6 Å². The first kappa shape index (κ1) is 24.3. The minimum Gasteiger partial charge on any atom is -0.484 e. The van der Waals surface area contributed by atoms with Gasteiger partial charge in [-0.3, -0.25) is 29.4 Å². The number of nitro benzene ring substituents is 1. The molecule has 0 spiro atoms. The van der Waals surface area contributed by atoms with E-state index in [0.29, 0.717) is 11.3 Å². The SMILES string of the molecule is Cc1ccc(OCC(=O)NCCN2C(=O)S/C(=C\c3ccc(Cl)c([N+](=O)[O-])c3)C2=O)cc1C. The Morgan fingerprint density at radius 3 is 2.67 bits per heavy atom. The quantitative estimate of drug-likeness (QED) is 0.337. The summed E-state index contributed by atoms with van der Waals surface area (Å²) in [5, 5.41) is 13.1. The maximum absolute atomic E-state index is 12.6. The summed E-state index contributed by atoms with van der Waals surface area (Å²) in [6.45, 7) is 3.77. The van der Waals surface area contributed by atoms with Gasteiger partial charge in [0, 0.05) is 19.2 Å². The Hall–Kier alpha value is -3.37.